The molecule has 4 aromatic rings. The van der Waals surface area contributed by atoms with Crippen molar-refractivity contribution in [2.45, 2.75) is 24.0 Å². The fourth-order valence-corrected chi connectivity index (χ4v) is 5.66. The molecule has 7 nitrogen and oxygen atoms in total. The maximum Gasteiger partial charge on any atom is 0.435 e. The number of rotatable bonds is 5. The standard InChI is InChI=1S/C27H23F3N4O3S/c1-38(36,37)23-9-5-3-7-20(23)17-10-12-19(13-11-17)33-15-14-21-24(26(33)35)34(32-25(21)27(28,29)30)22-8-4-2-6-18(22)16-31/h2-13H,14-16,31H2,1H3. The number of para-hydroxylation sites is 1. The van der Waals surface area contributed by atoms with E-state index >= 15 is 0 Å². The third kappa shape index (κ3) is 4.48. The molecule has 1 aliphatic heterocycles. The number of carbonyl (C=O) groups excluding carboxylic acids is 1. The van der Waals surface area contributed by atoms with Crippen molar-refractivity contribution >= 4 is 21.4 Å². The van der Waals surface area contributed by atoms with Crippen molar-refractivity contribution in [3.63, 3.8) is 0 Å². The van der Waals surface area contributed by atoms with E-state index in [1.54, 1.807) is 66.7 Å². The van der Waals surface area contributed by atoms with E-state index in [1.807, 2.05) is 0 Å². The molecule has 0 atom stereocenters. The van der Waals surface area contributed by atoms with Gasteiger partial charge in [0.05, 0.1) is 10.6 Å². The van der Waals surface area contributed by atoms with Crippen LogP contribution in [-0.2, 0) is 29.0 Å². The molecule has 2 heterocycles. The Hall–Kier alpha value is -3.96. The number of fused-ring (bicyclic) bond motifs is 1. The highest BCUT2D eigenvalue weighted by atomic mass is 32.2. The Labute approximate surface area is 217 Å². The van der Waals surface area contributed by atoms with E-state index in [0.29, 0.717) is 28.1 Å². The van der Waals surface area contributed by atoms with Crippen molar-refractivity contribution < 1.29 is 26.4 Å². The van der Waals surface area contributed by atoms with Gasteiger partial charge < -0.3 is 10.6 Å². The van der Waals surface area contributed by atoms with E-state index in [0.717, 1.165) is 10.9 Å². The number of carbonyl (C=O) groups is 1. The number of benzene rings is 3. The number of alkyl halides is 3. The molecular weight excluding hydrogens is 517 g/mol. The van der Waals surface area contributed by atoms with Crippen molar-refractivity contribution in [2.75, 3.05) is 17.7 Å². The molecule has 2 N–H and O–H groups in total. The monoisotopic (exact) mass is 540 g/mol. The van der Waals surface area contributed by atoms with Crippen LogP contribution in [-0.4, -0.2) is 36.9 Å². The molecule has 1 aromatic heterocycles. The van der Waals surface area contributed by atoms with Crippen LogP contribution in [0.5, 0.6) is 0 Å². The molecule has 11 heteroatoms. The summed E-state index contributed by atoms with van der Waals surface area (Å²) in [5.74, 6) is -0.620. The smallest absolute Gasteiger partial charge is 0.326 e. The van der Waals surface area contributed by atoms with Crippen LogP contribution in [0, 0.1) is 0 Å². The first-order valence-corrected chi connectivity index (χ1v) is 13.6. The molecule has 0 radical (unpaired) electrons. The number of anilines is 1. The number of aromatic nitrogens is 2. The van der Waals surface area contributed by atoms with Gasteiger partial charge in [-0.15, -0.1) is 0 Å². The average Bonchev–Trinajstić information content (AvgIpc) is 3.30. The number of hydrogen-bond donors (Lipinski definition) is 1. The molecule has 0 saturated carbocycles. The fraction of sp³-hybridized carbons (Fsp3) is 0.185. The Balaban J connectivity index is 1.57. The fourth-order valence-electron chi connectivity index (χ4n) is 4.75. The lowest BCUT2D eigenvalue weighted by Gasteiger charge is -2.28. The minimum atomic E-state index is -4.73. The summed E-state index contributed by atoms with van der Waals surface area (Å²) < 4.78 is 67.2. The van der Waals surface area contributed by atoms with Gasteiger partial charge in [-0.05, 0) is 41.8 Å². The first kappa shape index (κ1) is 25.7. The zero-order chi connectivity index (χ0) is 27.2. The summed E-state index contributed by atoms with van der Waals surface area (Å²) in [7, 11) is -3.48. The normalized spacial score (nSPS) is 14.0. The van der Waals surface area contributed by atoms with Crippen molar-refractivity contribution in [1.82, 2.24) is 9.78 Å². The van der Waals surface area contributed by atoms with E-state index in [1.165, 1.54) is 11.0 Å². The number of nitrogens with zero attached hydrogens (tertiary/aromatic N) is 3. The van der Waals surface area contributed by atoms with E-state index in [4.69, 9.17) is 5.73 Å². The van der Waals surface area contributed by atoms with Crippen LogP contribution in [0.2, 0.25) is 0 Å². The Morgan fingerprint density at radius 3 is 2.29 bits per heavy atom. The molecular formula is C27H23F3N4O3S. The average molecular weight is 541 g/mol. The lowest BCUT2D eigenvalue weighted by Crippen LogP contribution is -2.39. The first-order chi connectivity index (χ1) is 18.0. The second-order valence-corrected chi connectivity index (χ2v) is 10.9. The molecule has 3 aromatic carbocycles. The van der Waals surface area contributed by atoms with Gasteiger partial charge in [0, 0.05) is 36.2 Å². The van der Waals surface area contributed by atoms with Crippen molar-refractivity contribution in [2.24, 2.45) is 5.73 Å². The number of halogens is 3. The predicted octanol–water partition coefficient (Wildman–Crippen LogP) is 4.62. The quantitative estimate of drug-likeness (QED) is 0.398. The Morgan fingerprint density at radius 1 is 0.974 bits per heavy atom. The van der Waals surface area contributed by atoms with E-state index in [9.17, 15) is 26.4 Å². The lowest BCUT2D eigenvalue weighted by atomic mass is 10.0. The maximum atomic E-state index is 13.9. The summed E-state index contributed by atoms with van der Waals surface area (Å²) in [4.78, 5) is 15.3. The lowest BCUT2D eigenvalue weighted by molar-refractivity contribution is -0.141. The highest BCUT2D eigenvalue weighted by molar-refractivity contribution is 7.90. The molecule has 0 unspecified atom stereocenters. The van der Waals surface area contributed by atoms with Gasteiger partial charge in [-0.3, -0.25) is 4.79 Å². The zero-order valence-electron chi connectivity index (χ0n) is 20.2. The minimum absolute atomic E-state index is 0.0262. The van der Waals surface area contributed by atoms with Gasteiger partial charge in [0.25, 0.3) is 5.91 Å². The van der Waals surface area contributed by atoms with Crippen LogP contribution in [0.15, 0.2) is 77.7 Å². The molecule has 0 saturated heterocycles. The van der Waals surface area contributed by atoms with Crippen LogP contribution in [0.4, 0.5) is 18.9 Å². The molecule has 0 fully saturated rings. The van der Waals surface area contributed by atoms with Gasteiger partial charge in [0.2, 0.25) is 0 Å². The first-order valence-electron chi connectivity index (χ1n) is 11.7. The van der Waals surface area contributed by atoms with Gasteiger partial charge in [0.1, 0.15) is 5.69 Å². The largest absolute Gasteiger partial charge is 0.435 e. The third-order valence-corrected chi connectivity index (χ3v) is 7.66. The van der Waals surface area contributed by atoms with Crippen LogP contribution in [0.1, 0.15) is 27.3 Å². The maximum absolute atomic E-state index is 13.9. The molecule has 0 spiro atoms. The third-order valence-electron chi connectivity index (χ3n) is 6.50. The summed E-state index contributed by atoms with van der Waals surface area (Å²) in [6.07, 6.45) is -3.64. The minimum Gasteiger partial charge on any atom is -0.326 e. The second kappa shape index (κ2) is 9.41. The molecule has 1 aliphatic rings. The van der Waals surface area contributed by atoms with Gasteiger partial charge in [0.15, 0.2) is 15.5 Å². The van der Waals surface area contributed by atoms with E-state index in [-0.39, 0.29) is 35.7 Å². The molecule has 5 rings (SSSR count). The Kier molecular flexibility index (Phi) is 6.36. The van der Waals surface area contributed by atoms with Crippen molar-refractivity contribution in [3.8, 4) is 16.8 Å². The number of amides is 1. The highest BCUT2D eigenvalue weighted by Gasteiger charge is 2.43. The van der Waals surface area contributed by atoms with Crippen LogP contribution < -0.4 is 10.6 Å². The summed E-state index contributed by atoms with van der Waals surface area (Å²) in [5, 5.41) is 3.84. The molecule has 196 valence electrons. The van der Waals surface area contributed by atoms with Gasteiger partial charge >= 0.3 is 6.18 Å². The Morgan fingerprint density at radius 2 is 1.63 bits per heavy atom. The van der Waals surface area contributed by atoms with Crippen LogP contribution in [0.25, 0.3) is 16.8 Å². The SMILES string of the molecule is CS(=O)(=O)c1ccccc1-c1ccc(N2CCc3c(C(F)(F)F)nn(-c4ccccc4CN)c3C2=O)cc1. The molecule has 0 aliphatic carbocycles. The molecule has 1 amide bonds. The van der Waals surface area contributed by atoms with Crippen LogP contribution in [0.3, 0.4) is 0 Å². The summed E-state index contributed by atoms with van der Waals surface area (Å²) in [5.41, 5.74) is 6.89. The summed E-state index contributed by atoms with van der Waals surface area (Å²) in [6, 6.07) is 19.9. The van der Waals surface area contributed by atoms with Gasteiger partial charge in [-0.1, -0.05) is 48.5 Å². The van der Waals surface area contributed by atoms with Gasteiger partial charge in [-0.2, -0.15) is 18.3 Å². The van der Waals surface area contributed by atoms with Gasteiger partial charge in [-0.25, -0.2) is 13.1 Å². The second-order valence-electron chi connectivity index (χ2n) is 8.94. The highest BCUT2D eigenvalue weighted by Crippen LogP contribution is 2.38. The summed E-state index contributed by atoms with van der Waals surface area (Å²) >= 11 is 0. The topological polar surface area (TPSA) is 98.3 Å². The summed E-state index contributed by atoms with van der Waals surface area (Å²) in [6.45, 7) is 0.0822. The van der Waals surface area contributed by atoms with E-state index in [2.05, 4.69) is 5.10 Å². The van der Waals surface area contributed by atoms with Crippen LogP contribution >= 0.6 is 0 Å². The van der Waals surface area contributed by atoms with E-state index < -0.39 is 27.6 Å². The van der Waals surface area contributed by atoms with Crippen molar-refractivity contribution in [1.29, 1.82) is 0 Å². The predicted molar refractivity (Wildman–Crippen MR) is 137 cm³/mol. The number of hydrogen-bond acceptors (Lipinski definition) is 5. The number of sulfone groups is 1. The Bertz CT molecular complexity index is 1650. The molecule has 0 bridgehead atoms. The molecule has 38 heavy (non-hydrogen) atoms. The van der Waals surface area contributed by atoms with Crippen molar-refractivity contribution in [3.05, 3.63) is 95.3 Å². The zero-order valence-corrected chi connectivity index (χ0v) is 21.1. The number of nitrogens with two attached hydrogens (primary N) is 1.